The number of rotatable bonds is 2. The van der Waals surface area contributed by atoms with Gasteiger partial charge in [-0.2, -0.15) is 31.4 Å². The van der Waals surface area contributed by atoms with E-state index in [1.165, 1.54) is 18.8 Å². The van der Waals surface area contributed by atoms with Crippen molar-refractivity contribution in [3.8, 4) is 11.3 Å². The molecule has 0 aromatic carbocycles. The first-order chi connectivity index (χ1) is 14.9. The van der Waals surface area contributed by atoms with Crippen LogP contribution < -0.4 is 5.73 Å². The van der Waals surface area contributed by atoms with Gasteiger partial charge in [0.15, 0.2) is 5.69 Å². The monoisotopic (exact) mass is 459 g/mol. The van der Waals surface area contributed by atoms with Gasteiger partial charge in [-0.25, -0.2) is 0 Å². The van der Waals surface area contributed by atoms with Gasteiger partial charge < -0.3 is 10.7 Å². The van der Waals surface area contributed by atoms with Gasteiger partial charge in [0.1, 0.15) is 11.4 Å². The van der Waals surface area contributed by atoms with E-state index in [0.29, 0.717) is 11.6 Å². The van der Waals surface area contributed by atoms with Crippen LogP contribution in [0.2, 0.25) is 0 Å². The van der Waals surface area contributed by atoms with Crippen molar-refractivity contribution in [3.05, 3.63) is 58.8 Å². The molecule has 1 amide bonds. The number of primary amides is 1. The summed E-state index contributed by atoms with van der Waals surface area (Å²) in [5.41, 5.74) is 6.24. The summed E-state index contributed by atoms with van der Waals surface area (Å²) < 4.78 is 74.8. The average molecular weight is 459 g/mol. The third-order valence-corrected chi connectivity index (χ3v) is 4.90. The Hall–Kier alpha value is -3.31. The first-order valence-corrected chi connectivity index (χ1v) is 9.51. The Bertz CT molecular complexity index is 1090. The van der Waals surface area contributed by atoms with Gasteiger partial charge in [-0.15, -0.1) is 0 Å². The molecule has 12 heteroatoms. The minimum Gasteiger partial charge on any atom is -0.364 e. The number of alkyl halides is 6. The molecule has 32 heavy (non-hydrogen) atoms. The molecule has 0 radical (unpaired) electrons. The third-order valence-electron chi connectivity index (χ3n) is 4.90. The molecule has 1 aliphatic carbocycles. The molecule has 3 heterocycles. The minimum atomic E-state index is -4.55. The molecule has 3 aromatic heterocycles. The number of amides is 1. The summed E-state index contributed by atoms with van der Waals surface area (Å²) in [4.78, 5) is 17.2. The molecular weight excluding hydrogens is 440 g/mol. The SMILES string of the molecule is Cn1nc(C(F)(F)F)cc1C(N)=O.FC(F)(F)c1cc(-c2cc3c([nH]2)CCCC3)ccn1. The van der Waals surface area contributed by atoms with Crippen LogP contribution in [-0.4, -0.2) is 25.7 Å². The molecular formula is C20H19F6N5O. The summed E-state index contributed by atoms with van der Waals surface area (Å²) in [6, 6.07) is 5.27. The number of nitrogens with two attached hydrogens (primary N) is 1. The van der Waals surface area contributed by atoms with E-state index >= 15 is 0 Å². The zero-order valence-corrected chi connectivity index (χ0v) is 16.8. The van der Waals surface area contributed by atoms with Crippen LogP contribution >= 0.6 is 0 Å². The Morgan fingerprint density at radius 2 is 1.69 bits per heavy atom. The number of nitrogens with zero attached hydrogens (tertiary/aromatic N) is 3. The highest BCUT2D eigenvalue weighted by Gasteiger charge is 2.35. The van der Waals surface area contributed by atoms with Gasteiger partial charge in [0.2, 0.25) is 0 Å². The van der Waals surface area contributed by atoms with E-state index in [1.807, 2.05) is 6.07 Å². The van der Waals surface area contributed by atoms with E-state index in [0.717, 1.165) is 47.8 Å². The van der Waals surface area contributed by atoms with Crippen molar-refractivity contribution in [2.45, 2.75) is 38.0 Å². The molecule has 0 unspecified atom stereocenters. The molecule has 0 saturated heterocycles. The van der Waals surface area contributed by atoms with Gasteiger partial charge in [0, 0.05) is 36.3 Å². The number of aryl methyl sites for hydroxylation is 3. The van der Waals surface area contributed by atoms with Crippen LogP contribution in [0.4, 0.5) is 26.3 Å². The molecule has 0 atom stereocenters. The molecule has 0 fully saturated rings. The van der Waals surface area contributed by atoms with Crippen molar-refractivity contribution in [1.82, 2.24) is 19.7 Å². The number of carbonyl (C=O) groups excluding carboxylic acids is 1. The highest BCUT2D eigenvalue weighted by Crippen LogP contribution is 2.32. The lowest BCUT2D eigenvalue weighted by Gasteiger charge is -2.09. The fraction of sp³-hybridized carbons (Fsp3) is 0.350. The van der Waals surface area contributed by atoms with Crippen LogP contribution in [-0.2, 0) is 32.2 Å². The van der Waals surface area contributed by atoms with Crippen LogP contribution in [0.5, 0.6) is 0 Å². The summed E-state index contributed by atoms with van der Waals surface area (Å²) >= 11 is 0. The van der Waals surface area contributed by atoms with Gasteiger partial charge in [-0.05, 0) is 49.4 Å². The van der Waals surface area contributed by atoms with Gasteiger partial charge in [-0.3, -0.25) is 14.5 Å². The van der Waals surface area contributed by atoms with Gasteiger partial charge in [0.05, 0.1) is 0 Å². The zero-order chi connectivity index (χ0) is 23.7. The lowest BCUT2D eigenvalue weighted by Crippen LogP contribution is -2.15. The van der Waals surface area contributed by atoms with E-state index in [-0.39, 0.29) is 5.69 Å². The molecule has 0 spiro atoms. The number of aromatic amines is 1. The van der Waals surface area contributed by atoms with E-state index in [4.69, 9.17) is 5.73 Å². The molecule has 1 aliphatic rings. The Balaban J connectivity index is 0.000000195. The lowest BCUT2D eigenvalue weighted by molar-refractivity contribution is -0.142. The van der Waals surface area contributed by atoms with Crippen LogP contribution in [0.15, 0.2) is 30.5 Å². The van der Waals surface area contributed by atoms with Crippen LogP contribution in [0.1, 0.15) is 46.0 Å². The number of halogens is 6. The van der Waals surface area contributed by atoms with E-state index < -0.39 is 29.6 Å². The molecule has 3 aromatic rings. The number of fused-ring (bicyclic) bond motifs is 1. The third kappa shape index (κ3) is 5.29. The van der Waals surface area contributed by atoms with Crippen molar-refractivity contribution in [3.63, 3.8) is 0 Å². The Morgan fingerprint density at radius 3 is 2.22 bits per heavy atom. The largest absolute Gasteiger partial charge is 0.435 e. The predicted molar refractivity (Wildman–Crippen MR) is 102 cm³/mol. The number of H-pyrrole nitrogens is 1. The van der Waals surface area contributed by atoms with Gasteiger partial charge >= 0.3 is 12.4 Å². The summed E-state index contributed by atoms with van der Waals surface area (Å²) in [6.45, 7) is 0. The molecule has 0 saturated carbocycles. The zero-order valence-electron chi connectivity index (χ0n) is 16.8. The Morgan fingerprint density at radius 1 is 1.03 bits per heavy atom. The predicted octanol–water partition coefficient (Wildman–Crippen LogP) is 4.51. The van der Waals surface area contributed by atoms with Crippen molar-refractivity contribution < 1.29 is 31.1 Å². The summed E-state index contributed by atoms with van der Waals surface area (Å²) in [5.74, 6) is -0.939. The Labute approximate surface area is 178 Å². The number of aromatic nitrogens is 4. The van der Waals surface area contributed by atoms with Gasteiger partial charge in [-0.1, -0.05) is 0 Å². The fourth-order valence-corrected chi connectivity index (χ4v) is 3.35. The van der Waals surface area contributed by atoms with Crippen LogP contribution in [0.25, 0.3) is 11.3 Å². The number of nitrogens with one attached hydrogen (secondary N) is 1. The number of hydrogen-bond donors (Lipinski definition) is 2. The summed E-state index contributed by atoms with van der Waals surface area (Å²) in [5, 5.41) is 3.09. The van der Waals surface area contributed by atoms with Crippen molar-refractivity contribution in [1.29, 1.82) is 0 Å². The number of pyridine rings is 1. The van der Waals surface area contributed by atoms with E-state index in [2.05, 4.69) is 15.1 Å². The maximum absolute atomic E-state index is 12.6. The number of hydrogen-bond acceptors (Lipinski definition) is 3. The fourth-order valence-electron chi connectivity index (χ4n) is 3.35. The normalized spacial score (nSPS) is 13.8. The highest BCUT2D eigenvalue weighted by molar-refractivity contribution is 5.91. The first kappa shape index (κ1) is 23.4. The quantitative estimate of drug-likeness (QED) is 0.553. The van der Waals surface area contributed by atoms with Crippen molar-refractivity contribution in [2.75, 3.05) is 0 Å². The van der Waals surface area contributed by atoms with Crippen LogP contribution in [0.3, 0.4) is 0 Å². The second kappa shape index (κ2) is 8.67. The summed E-state index contributed by atoms with van der Waals surface area (Å²) in [6.07, 6.45) is -3.48. The standard InChI is InChI=1S/C14H13F3N2.C6H6F3N3O/c15-14(16,17)13-8-10(5-6-18-13)12-7-9-3-1-2-4-11(9)19-12;1-12-3(5(10)13)2-4(11-12)6(7,8)9/h5-8,19H,1-4H2;2H,1H3,(H2,10,13). The maximum atomic E-state index is 12.6. The molecule has 0 bridgehead atoms. The Kier molecular flexibility index (Phi) is 6.33. The topological polar surface area (TPSA) is 89.6 Å². The molecule has 6 nitrogen and oxygen atoms in total. The highest BCUT2D eigenvalue weighted by atomic mass is 19.4. The number of carbonyl (C=O) groups is 1. The smallest absolute Gasteiger partial charge is 0.364 e. The molecule has 172 valence electrons. The molecule has 4 rings (SSSR count). The van der Waals surface area contributed by atoms with Crippen molar-refractivity contribution in [2.24, 2.45) is 12.8 Å². The van der Waals surface area contributed by atoms with E-state index in [9.17, 15) is 31.1 Å². The second-order valence-electron chi connectivity index (χ2n) is 7.22. The average Bonchev–Trinajstić information content (AvgIpc) is 3.31. The van der Waals surface area contributed by atoms with E-state index in [1.54, 1.807) is 6.07 Å². The maximum Gasteiger partial charge on any atom is 0.435 e. The minimum absolute atomic E-state index is 0.271. The van der Waals surface area contributed by atoms with Gasteiger partial charge in [0.25, 0.3) is 5.91 Å². The first-order valence-electron chi connectivity index (χ1n) is 9.51. The van der Waals surface area contributed by atoms with Crippen LogP contribution in [0, 0.1) is 0 Å². The molecule has 0 aliphatic heterocycles. The molecule has 3 N–H and O–H groups in total. The summed E-state index contributed by atoms with van der Waals surface area (Å²) in [7, 11) is 1.22. The second-order valence-corrected chi connectivity index (χ2v) is 7.22. The lowest BCUT2D eigenvalue weighted by atomic mass is 9.98. The van der Waals surface area contributed by atoms with Crippen molar-refractivity contribution >= 4 is 5.91 Å².